The van der Waals surface area contributed by atoms with Crippen molar-refractivity contribution < 1.29 is 14.3 Å². The van der Waals surface area contributed by atoms with E-state index in [0.29, 0.717) is 24.6 Å². The number of rotatable bonds is 7. The van der Waals surface area contributed by atoms with E-state index in [-0.39, 0.29) is 5.91 Å². The number of nitrogens with one attached hydrogen (secondary N) is 1. The third-order valence-corrected chi connectivity index (χ3v) is 5.06. The van der Waals surface area contributed by atoms with Gasteiger partial charge in [0, 0.05) is 18.0 Å². The van der Waals surface area contributed by atoms with Gasteiger partial charge in [-0.05, 0) is 36.2 Å². The van der Waals surface area contributed by atoms with E-state index in [1.54, 1.807) is 13.2 Å². The van der Waals surface area contributed by atoms with Crippen LogP contribution in [0.15, 0.2) is 78.9 Å². The lowest BCUT2D eigenvalue weighted by Crippen LogP contribution is -2.23. The third kappa shape index (κ3) is 5.01. The third-order valence-electron chi connectivity index (χ3n) is 5.06. The molecule has 1 N–H and O–H groups in total. The number of hydrogen-bond donors (Lipinski definition) is 1. The molecule has 1 aromatic heterocycles. The first-order valence-corrected chi connectivity index (χ1v) is 10.1. The van der Waals surface area contributed by atoms with E-state index in [4.69, 9.17) is 9.47 Å². The van der Waals surface area contributed by atoms with Crippen LogP contribution in [0.3, 0.4) is 0 Å². The van der Waals surface area contributed by atoms with Crippen LogP contribution in [0.1, 0.15) is 27.0 Å². The molecule has 3 aromatic carbocycles. The molecule has 0 saturated heterocycles. The van der Waals surface area contributed by atoms with Crippen LogP contribution in [0.5, 0.6) is 11.6 Å². The molecule has 0 fully saturated rings. The lowest BCUT2D eigenvalue weighted by molar-refractivity contribution is 0.0952. The summed E-state index contributed by atoms with van der Waals surface area (Å²) in [4.78, 5) is 17.6. The predicted molar refractivity (Wildman–Crippen MR) is 121 cm³/mol. The first kappa shape index (κ1) is 20.4. The number of aromatic nitrogens is 1. The average Bonchev–Trinajstić information content (AvgIpc) is 2.82. The molecule has 0 bridgehead atoms. The summed E-state index contributed by atoms with van der Waals surface area (Å²) >= 11 is 0. The van der Waals surface area contributed by atoms with Gasteiger partial charge in [-0.25, -0.2) is 4.98 Å². The molecule has 31 heavy (non-hydrogen) atoms. The van der Waals surface area contributed by atoms with Crippen molar-refractivity contribution in [1.29, 1.82) is 0 Å². The molecule has 0 saturated carbocycles. The number of para-hydroxylation sites is 1. The van der Waals surface area contributed by atoms with Crippen molar-refractivity contribution in [2.24, 2.45) is 0 Å². The van der Waals surface area contributed by atoms with E-state index in [9.17, 15) is 4.79 Å². The Bertz CT molecular complexity index is 1190. The fraction of sp³-hybridized carbons (Fsp3) is 0.154. The van der Waals surface area contributed by atoms with Gasteiger partial charge >= 0.3 is 0 Å². The van der Waals surface area contributed by atoms with Crippen LogP contribution in [-0.2, 0) is 13.2 Å². The number of fused-ring (bicyclic) bond motifs is 1. The smallest absolute Gasteiger partial charge is 0.252 e. The zero-order valence-corrected chi connectivity index (χ0v) is 17.6. The zero-order chi connectivity index (χ0) is 21.6. The molecule has 0 unspecified atom stereocenters. The van der Waals surface area contributed by atoms with E-state index < -0.39 is 0 Å². The minimum atomic E-state index is -0.172. The van der Waals surface area contributed by atoms with E-state index in [2.05, 4.69) is 10.3 Å². The minimum Gasteiger partial charge on any atom is -0.497 e. The maximum absolute atomic E-state index is 13.0. The van der Waals surface area contributed by atoms with Crippen LogP contribution in [0.4, 0.5) is 0 Å². The first-order chi connectivity index (χ1) is 15.1. The average molecular weight is 412 g/mol. The van der Waals surface area contributed by atoms with Gasteiger partial charge in [0.2, 0.25) is 5.88 Å². The second-order valence-electron chi connectivity index (χ2n) is 7.33. The minimum absolute atomic E-state index is 0.172. The van der Waals surface area contributed by atoms with Crippen LogP contribution in [0, 0.1) is 6.92 Å². The summed E-state index contributed by atoms with van der Waals surface area (Å²) < 4.78 is 11.1. The molecule has 4 aromatic rings. The molecule has 5 heteroatoms. The van der Waals surface area contributed by atoms with Gasteiger partial charge < -0.3 is 14.8 Å². The van der Waals surface area contributed by atoms with Crippen molar-refractivity contribution in [1.82, 2.24) is 10.3 Å². The molecule has 0 aliphatic carbocycles. The molecule has 1 heterocycles. The molecule has 5 nitrogen and oxygen atoms in total. The van der Waals surface area contributed by atoms with Gasteiger partial charge in [0.15, 0.2) is 0 Å². The van der Waals surface area contributed by atoms with Crippen molar-refractivity contribution in [3.05, 3.63) is 101 Å². The Morgan fingerprint density at radius 3 is 2.39 bits per heavy atom. The topological polar surface area (TPSA) is 60.5 Å². The normalized spacial score (nSPS) is 10.6. The van der Waals surface area contributed by atoms with E-state index in [0.717, 1.165) is 27.8 Å². The van der Waals surface area contributed by atoms with Crippen molar-refractivity contribution in [2.45, 2.75) is 20.1 Å². The largest absolute Gasteiger partial charge is 0.497 e. The summed E-state index contributed by atoms with van der Waals surface area (Å²) in [6.45, 7) is 2.85. The fourth-order valence-electron chi connectivity index (χ4n) is 3.28. The summed E-state index contributed by atoms with van der Waals surface area (Å²) in [7, 11) is 1.63. The fourth-order valence-corrected chi connectivity index (χ4v) is 3.28. The van der Waals surface area contributed by atoms with Gasteiger partial charge in [-0.1, -0.05) is 60.2 Å². The van der Waals surface area contributed by atoms with Gasteiger partial charge in [0.1, 0.15) is 12.4 Å². The molecular formula is C26H24N2O3. The Balaban J connectivity index is 1.53. The Labute approximate surface area is 181 Å². The highest BCUT2D eigenvalue weighted by Crippen LogP contribution is 2.23. The Hall–Kier alpha value is -3.86. The van der Waals surface area contributed by atoms with E-state index >= 15 is 0 Å². The number of hydrogen-bond acceptors (Lipinski definition) is 4. The molecule has 0 aliphatic heterocycles. The molecule has 0 atom stereocenters. The number of benzene rings is 3. The van der Waals surface area contributed by atoms with E-state index in [1.165, 1.54) is 5.56 Å². The maximum atomic E-state index is 13.0. The lowest BCUT2D eigenvalue weighted by Gasteiger charge is -2.12. The number of carbonyl (C=O) groups excluding carboxylic acids is 1. The molecule has 1 amide bonds. The van der Waals surface area contributed by atoms with Gasteiger partial charge in [0.05, 0.1) is 18.2 Å². The van der Waals surface area contributed by atoms with Crippen LogP contribution in [0.25, 0.3) is 10.9 Å². The Morgan fingerprint density at radius 2 is 1.65 bits per heavy atom. The summed E-state index contributed by atoms with van der Waals surface area (Å²) in [5.41, 5.74) is 4.49. The second kappa shape index (κ2) is 9.30. The van der Waals surface area contributed by atoms with Gasteiger partial charge in [-0.2, -0.15) is 0 Å². The highest BCUT2D eigenvalue weighted by Gasteiger charge is 2.14. The van der Waals surface area contributed by atoms with Crippen molar-refractivity contribution in [2.75, 3.05) is 7.11 Å². The van der Waals surface area contributed by atoms with Crippen LogP contribution in [-0.4, -0.2) is 18.0 Å². The highest BCUT2D eigenvalue weighted by molar-refractivity contribution is 6.06. The summed E-state index contributed by atoms with van der Waals surface area (Å²) in [6.07, 6.45) is 0. The molecule has 0 aliphatic rings. The first-order valence-electron chi connectivity index (χ1n) is 10.1. The van der Waals surface area contributed by atoms with Gasteiger partial charge in [-0.3, -0.25) is 4.79 Å². The van der Waals surface area contributed by atoms with Crippen molar-refractivity contribution in [3.63, 3.8) is 0 Å². The predicted octanol–water partition coefficient (Wildman–Crippen LogP) is 5.06. The van der Waals surface area contributed by atoms with Crippen molar-refractivity contribution in [3.8, 4) is 11.6 Å². The summed E-state index contributed by atoms with van der Waals surface area (Å²) in [6, 6.07) is 25.0. The summed E-state index contributed by atoms with van der Waals surface area (Å²) in [5, 5.41) is 3.78. The van der Waals surface area contributed by atoms with Crippen LogP contribution < -0.4 is 14.8 Å². The van der Waals surface area contributed by atoms with Gasteiger partial charge in [-0.15, -0.1) is 0 Å². The highest BCUT2D eigenvalue weighted by atomic mass is 16.5. The Morgan fingerprint density at radius 1 is 0.935 bits per heavy atom. The van der Waals surface area contributed by atoms with Crippen LogP contribution >= 0.6 is 0 Å². The Kier molecular flexibility index (Phi) is 6.13. The molecular weight excluding hydrogens is 388 g/mol. The zero-order valence-electron chi connectivity index (χ0n) is 17.6. The number of pyridine rings is 1. The van der Waals surface area contributed by atoms with Crippen molar-refractivity contribution >= 4 is 16.8 Å². The monoisotopic (exact) mass is 412 g/mol. The summed E-state index contributed by atoms with van der Waals surface area (Å²) in [5.74, 6) is 1.04. The molecule has 4 rings (SSSR count). The molecule has 0 radical (unpaired) electrons. The molecule has 156 valence electrons. The lowest BCUT2D eigenvalue weighted by atomic mass is 10.1. The van der Waals surface area contributed by atoms with E-state index in [1.807, 2.05) is 79.7 Å². The van der Waals surface area contributed by atoms with Crippen LogP contribution in [0.2, 0.25) is 0 Å². The SMILES string of the molecule is COc1ccc(CNC(=O)c2cc(OCc3ccc(C)cc3)nc3ccccc23)cc1. The maximum Gasteiger partial charge on any atom is 0.252 e. The standard InChI is InChI=1S/C26H24N2O3/c1-18-7-9-20(10-8-18)17-31-25-15-23(22-5-3-4-6-24(22)28-25)26(29)27-16-19-11-13-21(30-2)14-12-19/h3-15H,16-17H2,1-2H3,(H,27,29). The molecule has 0 spiro atoms. The number of nitrogens with zero attached hydrogens (tertiary/aromatic N) is 1. The number of carbonyl (C=O) groups is 1. The van der Waals surface area contributed by atoms with Gasteiger partial charge in [0.25, 0.3) is 5.91 Å². The number of methoxy groups -OCH3 is 1. The number of aryl methyl sites for hydroxylation is 1. The number of ether oxygens (including phenoxy) is 2. The quantitative estimate of drug-likeness (QED) is 0.461. The second-order valence-corrected chi connectivity index (χ2v) is 7.33. The number of amides is 1.